The van der Waals surface area contributed by atoms with Gasteiger partial charge in [0.2, 0.25) is 0 Å². The number of rotatable bonds is 2. The van der Waals surface area contributed by atoms with Gasteiger partial charge < -0.3 is 15.5 Å². The van der Waals surface area contributed by atoms with Crippen LogP contribution < -0.4 is 5.73 Å². The molecule has 1 fully saturated rings. The largest absolute Gasteiger partial charge is 0.399 e. The van der Waals surface area contributed by atoms with E-state index >= 15 is 0 Å². The Labute approximate surface area is 153 Å². The highest BCUT2D eigenvalue weighted by atomic mass is 35.5. The van der Waals surface area contributed by atoms with Crippen LogP contribution in [0.5, 0.6) is 0 Å². The van der Waals surface area contributed by atoms with Crippen molar-refractivity contribution in [3.05, 3.63) is 65.7 Å². The second kappa shape index (κ2) is 8.53. The van der Waals surface area contributed by atoms with Crippen LogP contribution in [0.2, 0.25) is 0 Å². The highest BCUT2D eigenvalue weighted by Gasteiger charge is 2.23. The first-order chi connectivity index (χ1) is 11.6. The lowest BCUT2D eigenvalue weighted by molar-refractivity contribution is 0.0719. The third kappa shape index (κ3) is 4.51. The molecular weight excluding hydrogens is 338 g/mol. The number of nitrogens with zero attached hydrogens (tertiary/aromatic N) is 2. The SMILES string of the molecule is Cl.Nc1cccc(C(=O)N2CCCN(C(=O)c3ccccc3)CC2)c1. The minimum Gasteiger partial charge on any atom is -0.399 e. The Kier molecular flexibility index (Phi) is 6.42. The van der Waals surface area contributed by atoms with Crippen molar-refractivity contribution in [1.29, 1.82) is 0 Å². The number of carbonyl (C=O) groups is 2. The second-order valence-electron chi connectivity index (χ2n) is 5.93. The van der Waals surface area contributed by atoms with Crippen molar-refractivity contribution < 1.29 is 9.59 Å². The van der Waals surface area contributed by atoms with E-state index in [4.69, 9.17) is 5.73 Å². The van der Waals surface area contributed by atoms with Crippen molar-refractivity contribution in [2.45, 2.75) is 6.42 Å². The molecule has 2 amide bonds. The molecule has 2 N–H and O–H groups in total. The Hall–Kier alpha value is -2.53. The minimum absolute atomic E-state index is 0. The Balaban J connectivity index is 0.00000225. The Bertz CT molecular complexity index is 736. The summed E-state index contributed by atoms with van der Waals surface area (Å²) < 4.78 is 0. The van der Waals surface area contributed by atoms with Crippen LogP contribution in [0.4, 0.5) is 5.69 Å². The molecule has 25 heavy (non-hydrogen) atoms. The number of hydrogen-bond acceptors (Lipinski definition) is 3. The summed E-state index contributed by atoms with van der Waals surface area (Å²) in [5, 5.41) is 0. The monoisotopic (exact) mass is 359 g/mol. The van der Waals surface area contributed by atoms with Crippen LogP contribution in [-0.2, 0) is 0 Å². The van der Waals surface area contributed by atoms with Crippen molar-refractivity contribution in [3.8, 4) is 0 Å². The average molecular weight is 360 g/mol. The number of benzene rings is 2. The molecule has 0 unspecified atom stereocenters. The van der Waals surface area contributed by atoms with Crippen LogP contribution in [0, 0.1) is 0 Å². The van der Waals surface area contributed by atoms with Gasteiger partial charge in [-0.2, -0.15) is 0 Å². The molecule has 0 radical (unpaired) electrons. The van der Waals surface area contributed by atoms with Gasteiger partial charge >= 0.3 is 0 Å². The lowest BCUT2D eigenvalue weighted by atomic mass is 10.1. The van der Waals surface area contributed by atoms with Crippen LogP contribution in [0.1, 0.15) is 27.1 Å². The predicted molar refractivity (Wildman–Crippen MR) is 101 cm³/mol. The zero-order valence-electron chi connectivity index (χ0n) is 13.9. The molecule has 5 nitrogen and oxygen atoms in total. The van der Waals surface area contributed by atoms with Crippen LogP contribution >= 0.6 is 12.4 Å². The van der Waals surface area contributed by atoms with E-state index in [1.54, 1.807) is 29.2 Å². The molecule has 132 valence electrons. The Morgan fingerprint density at radius 2 is 1.32 bits per heavy atom. The maximum absolute atomic E-state index is 12.6. The molecule has 2 aromatic carbocycles. The summed E-state index contributed by atoms with van der Waals surface area (Å²) in [6.07, 6.45) is 0.770. The van der Waals surface area contributed by atoms with Crippen LogP contribution in [0.3, 0.4) is 0 Å². The second-order valence-corrected chi connectivity index (χ2v) is 5.93. The third-order valence-electron chi connectivity index (χ3n) is 4.22. The molecule has 1 aliphatic heterocycles. The molecule has 0 aromatic heterocycles. The summed E-state index contributed by atoms with van der Waals surface area (Å²) in [5.41, 5.74) is 7.62. The van der Waals surface area contributed by atoms with E-state index in [-0.39, 0.29) is 24.2 Å². The van der Waals surface area contributed by atoms with Crippen molar-refractivity contribution in [1.82, 2.24) is 9.80 Å². The van der Waals surface area contributed by atoms with Gasteiger partial charge in [-0.15, -0.1) is 12.4 Å². The molecule has 0 aliphatic carbocycles. The first-order valence-electron chi connectivity index (χ1n) is 8.14. The van der Waals surface area contributed by atoms with E-state index in [1.807, 2.05) is 35.2 Å². The maximum Gasteiger partial charge on any atom is 0.253 e. The highest BCUT2D eigenvalue weighted by molar-refractivity contribution is 5.96. The lowest BCUT2D eigenvalue weighted by Gasteiger charge is -2.22. The van der Waals surface area contributed by atoms with Gasteiger partial charge in [-0.1, -0.05) is 24.3 Å². The molecule has 0 saturated carbocycles. The number of nitrogens with two attached hydrogens (primary N) is 1. The first kappa shape index (κ1) is 18.8. The summed E-state index contributed by atoms with van der Waals surface area (Å²) in [6.45, 7) is 2.38. The Morgan fingerprint density at radius 3 is 1.92 bits per heavy atom. The molecule has 0 spiro atoms. The molecule has 1 saturated heterocycles. The zero-order valence-corrected chi connectivity index (χ0v) is 14.7. The van der Waals surface area contributed by atoms with Gasteiger partial charge in [0.1, 0.15) is 0 Å². The maximum atomic E-state index is 12.6. The summed E-state index contributed by atoms with van der Waals surface area (Å²) in [5.74, 6) is -0.00911. The summed E-state index contributed by atoms with van der Waals surface area (Å²) in [6, 6.07) is 16.3. The van der Waals surface area contributed by atoms with Crippen molar-refractivity contribution in [2.24, 2.45) is 0 Å². The van der Waals surface area contributed by atoms with Gasteiger partial charge in [-0.25, -0.2) is 0 Å². The average Bonchev–Trinajstić information content (AvgIpc) is 2.87. The fraction of sp³-hybridized carbons (Fsp3) is 0.263. The molecule has 0 bridgehead atoms. The summed E-state index contributed by atoms with van der Waals surface area (Å²) in [7, 11) is 0. The minimum atomic E-state index is -0.0312. The quantitative estimate of drug-likeness (QED) is 0.838. The van der Waals surface area contributed by atoms with Gasteiger partial charge in [0, 0.05) is 43.0 Å². The van der Waals surface area contributed by atoms with E-state index in [2.05, 4.69) is 0 Å². The lowest BCUT2D eigenvalue weighted by Crippen LogP contribution is -2.37. The van der Waals surface area contributed by atoms with Crippen LogP contribution in [-0.4, -0.2) is 47.8 Å². The molecular formula is C19H22ClN3O2. The number of carbonyl (C=O) groups excluding carboxylic acids is 2. The molecule has 2 aromatic rings. The number of nitrogen functional groups attached to an aromatic ring is 1. The predicted octanol–water partition coefficient (Wildman–Crippen LogP) is 2.68. The van der Waals surface area contributed by atoms with E-state index in [9.17, 15) is 9.59 Å². The van der Waals surface area contributed by atoms with Crippen molar-refractivity contribution in [2.75, 3.05) is 31.9 Å². The van der Waals surface area contributed by atoms with Crippen molar-refractivity contribution >= 4 is 29.9 Å². The molecule has 3 rings (SSSR count). The smallest absolute Gasteiger partial charge is 0.253 e. The molecule has 1 aliphatic rings. The highest BCUT2D eigenvalue weighted by Crippen LogP contribution is 2.14. The number of anilines is 1. The fourth-order valence-corrected chi connectivity index (χ4v) is 2.94. The zero-order chi connectivity index (χ0) is 16.9. The molecule has 1 heterocycles. The van der Waals surface area contributed by atoms with Crippen LogP contribution in [0.25, 0.3) is 0 Å². The van der Waals surface area contributed by atoms with Crippen LogP contribution in [0.15, 0.2) is 54.6 Å². The number of halogens is 1. The standard InChI is InChI=1S/C19H21N3O2.ClH/c20-17-9-4-8-16(14-17)19(24)22-11-5-10-21(12-13-22)18(23)15-6-2-1-3-7-15;/h1-4,6-9,14H,5,10-13,20H2;1H. The number of amides is 2. The normalized spacial score (nSPS) is 14.4. The van der Waals surface area contributed by atoms with Gasteiger partial charge in [0.25, 0.3) is 11.8 Å². The molecule has 0 atom stereocenters. The van der Waals surface area contributed by atoms with Gasteiger partial charge in [0.15, 0.2) is 0 Å². The topological polar surface area (TPSA) is 66.6 Å². The fourth-order valence-electron chi connectivity index (χ4n) is 2.94. The van der Waals surface area contributed by atoms with Gasteiger partial charge in [0.05, 0.1) is 0 Å². The first-order valence-corrected chi connectivity index (χ1v) is 8.14. The summed E-state index contributed by atoms with van der Waals surface area (Å²) in [4.78, 5) is 28.8. The van der Waals surface area contributed by atoms with E-state index < -0.39 is 0 Å². The van der Waals surface area contributed by atoms with E-state index in [0.29, 0.717) is 43.0 Å². The third-order valence-corrected chi connectivity index (χ3v) is 4.22. The summed E-state index contributed by atoms with van der Waals surface area (Å²) >= 11 is 0. The van der Waals surface area contributed by atoms with E-state index in [0.717, 1.165) is 6.42 Å². The van der Waals surface area contributed by atoms with Gasteiger partial charge in [-0.05, 0) is 36.8 Å². The molecule has 6 heteroatoms. The van der Waals surface area contributed by atoms with Crippen molar-refractivity contribution in [3.63, 3.8) is 0 Å². The van der Waals surface area contributed by atoms with Gasteiger partial charge in [-0.3, -0.25) is 9.59 Å². The van der Waals surface area contributed by atoms with E-state index in [1.165, 1.54) is 0 Å². The Morgan fingerprint density at radius 1 is 0.760 bits per heavy atom. The number of hydrogen-bond donors (Lipinski definition) is 1.